The monoisotopic (exact) mass is 222 g/mol. The lowest BCUT2D eigenvalue weighted by Crippen LogP contribution is -2.25. The molecule has 0 N–H and O–H groups in total. The first-order chi connectivity index (χ1) is 7.26. The average molecular weight is 222 g/mol. The second-order valence-electron chi connectivity index (χ2n) is 3.57. The number of hydrogen-bond donors (Lipinski definition) is 1. The molecule has 0 atom stereocenters. The Morgan fingerprint density at radius 3 is 2.67 bits per heavy atom. The van der Waals surface area contributed by atoms with Crippen molar-refractivity contribution < 1.29 is 0 Å². The molecule has 1 rings (SSSR count). The molecule has 15 heavy (non-hydrogen) atoms. The molecule has 0 aromatic carbocycles. The number of thiol groups is 1. The molecule has 0 unspecified atom stereocenters. The fourth-order valence-electron chi connectivity index (χ4n) is 1.39. The lowest BCUT2D eigenvalue weighted by Gasteiger charge is -2.20. The quantitative estimate of drug-likeness (QED) is 0.587. The summed E-state index contributed by atoms with van der Waals surface area (Å²) >= 11 is 4.22. The summed E-state index contributed by atoms with van der Waals surface area (Å²) in [6.07, 6.45) is 3.66. The molecule has 0 bridgehead atoms. The van der Waals surface area contributed by atoms with E-state index in [9.17, 15) is 0 Å². The summed E-state index contributed by atoms with van der Waals surface area (Å²) in [7, 11) is 0. The van der Waals surface area contributed by atoms with Gasteiger partial charge in [-0.15, -0.1) is 0 Å². The molecule has 0 aliphatic carbocycles. The van der Waals surface area contributed by atoms with E-state index in [2.05, 4.69) is 36.0 Å². The predicted octanol–water partition coefficient (Wildman–Crippen LogP) is 2.39. The van der Waals surface area contributed by atoms with Crippen LogP contribution in [-0.4, -0.2) is 28.7 Å². The fourth-order valence-corrected chi connectivity index (χ4v) is 1.49. The van der Waals surface area contributed by atoms with Crippen molar-refractivity contribution in [3.8, 4) is 0 Å². The second kappa shape index (κ2) is 6.64. The first kappa shape index (κ1) is 12.3. The largest absolute Gasteiger partial charge is 0.295 e. The molecule has 82 valence electrons. The van der Waals surface area contributed by atoms with Crippen LogP contribution in [0, 0.1) is 0 Å². The highest BCUT2D eigenvalue weighted by molar-refractivity contribution is 7.80. The zero-order valence-electron chi connectivity index (χ0n) is 9.19. The third-order valence-electron chi connectivity index (χ3n) is 2.27. The number of rotatable bonds is 6. The molecule has 0 aliphatic rings. The first-order valence-corrected chi connectivity index (χ1v) is 5.78. The molecule has 0 saturated heterocycles. The van der Waals surface area contributed by atoms with Crippen molar-refractivity contribution in [1.29, 1.82) is 0 Å². The molecule has 0 fully saturated rings. The van der Waals surface area contributed by atoms with Crippen LogP contribution in [0.2, 0.25) is 0 Å². The third kappa shape index (κ3) is 4.49. The Hall–Kier alpha value is -0.800. The van der Waals surface area contributed by atoms with E-state index in [1.54, 1.807) is 0 Å². The first-order valence-electron chi connectivity index (χ1n) is 5.15. The second-order valence-corrected chi connectivity index (χ2v) is 3.88. The fraction of sp³-hybridized carbons (Fsp3) is 0.417. The van der Waals surface area contributed by atoms with Crippen LogP contribution in [0.3, 0.4) is 0 Å². The number of nitrogens with zero attached hydrogens (tertiary/aromatic N) is 2. The van der Waals surface area contributed by atoms with Gasteiger partial charge in [-0.2, -0.15) is 12.6 Å². The van der Waals surface area contributed by atoms with Crippen molar-refractivity contribution in [1.82, 2.24) is 9.88 Å². The lowest BCUT2D eigenvalue weighted by atomic mass is 10.2. The van der Waals surface area contributed by atoms with Crippen molar-refractivity contribution in [3.63, 3.8) is 0 Å². The molecule has 0 saturated carbocycles. The van der Waals surface area contributed by atoms with Gasteiger partial charge in [-0.3, -0.25) is 9.88 Å². The van der Waals surface area contributed by atoms with Crippen LogP contribution in [0.15, 0.2) is 36.7 Å². The topological polar surface area (TPSA) is 16.1 Å². The molecule has 1 aromatic rings. The average Bonchev–Trinajstić information content (AvgIpc) is 2.29. The standard InChI is InChI=1S/C12H18N2S/c1-3-14(8-11(2)10-15)9-12-4-6-13-7-5-12/h4-7,15H,2-3,8-10H2,1H3. The van der Waals surface area contributed by atoms with Crippen LogP contribution in [0.25, 0.3) is 0 Å². The highest BCUT2D eigenvalue weighted by Gasteiger charge is 2.04. The van der Waals surface area contributed by atoms with Crippen LogP contribution in [0.1, 0.15) is 12.5 Å². The van der Waals surface area contributed by atoms with Crippen LogP contribution in [-0.2, 0) is 6.54 Å². The van der Waals surface area contributed by atoms with Crippen LogP contribution in [0.4, 0.5) is 0 Å². The van der Waals surface area contributed by atoms with Crippen molar-refractivity contribution in [2.24, 2.45) is 0 Å². The van der Waals surface area contributed by atoms with E-state index in [1.165, 1.54) is 5.56 Å². The maximum atomic E-state index is 4.22. The smallest absolute Gasteiger partial charge is 0.0271 e. The van der Waals surface area contributed by atoms with E-state index in [0.29, 0.717) is 0 Å². The Labute approximate surface area is 97.4 Å². The maximum absolute atomic E-state index is 4.22. The minimum absolute atomic E-state index is 0.757. The zero-order valence-corrected chi connectivity index (χ0v) is 10.1. The van der Waals surface area contributed by atoms with Gasteiger partial charge in [0.1, 0.15) is 0 Å². The van der Waals surface area contributed by atoms with Gasteiger partial charge < -0.3 is 0 Å². The van der Waals surface area contributed by atoms with E-state index >= 15 is 0 Å². The van der Waals surface area contributed by atoms with Gasteiger partial charge in [0.25, 0.3) is 0 Å². The van der Waals surface area contributed by atoms with E-state index in [1.807, 2.05) is 24.5 Å². The predicted molar refractivity (Wildman–Crippen MR) is 68.2 cm³/mol. The maximum Gasteiger partial charge on any atom is 0.0271 e. The van der Waals surface area contributed by atoms with E-state index in [-0.39, 0.29) is 0 Å². The van der Waals surface area contributed by atoms with Gasteiger partial charge in [0.15, 0.2) is 0 Å². The van der Waals surface area contributed by atoms with Crippen LogP contribution >= 0.6 is 12.6 Å². The van der Waals surface area contributed by atoms with Crippen molar-refractivity contribution in [2.75, 3.05) is 18.8 Å². The van der Waals surface area contributed by atoms with Gasteiger partial charge in [0.2, 0.25) is 0 Å². The van der Waals surface area contributed by atoms with E-state index in [4.69, 9.17) is 0 Å². The highest BCUT2D eigenvalue weighted by Crippen LogP contribution is 2.05. The van der Waals surface area contributed by atoms with Gasteiger partial charge in [-0.05, 0) is 24.2 Å². The Morgan fingerprint density at radius 2 is 2.13 bits per heavy atom. The molecule has 0 aliphatic heterocycles. The number of aromatic nitrogens is 1. The molecule has 0 radical (unpaired) electrons. The lowest BCUT2D eigenvalue weighted by molar-refractivity contribution is 0.305. The number of likely N-dealkylation sites (N-methyl/N-ethyl adjacent to an activating group) is 1. The van der Waals surface area contributed by atoms with Gasteiger partial charge >= 0.3 is 0 Å². The summed E-state index contributed by atoms with van der Waals surface area (Å²) < 4.78 is 0. The third-order valence-corrected chi connectivity index (χ3v) is 2.72. The van der Waals surface area contributed by atoms with Gasteiger partial charge in [0.05, 0.1) is 0 Å². The Morgan fingerprint density at radius 1 is 1.47 bits per heavy atom. The van der Waals surface area contributed by atoms with E-state index in [0.717, 1.165) is 31.0 Å². The number of hydrogen-bond acceptors (Lipinski definition) is 3. The Bertz CT molecular complexity index is 298. The Kier molecular flexibility index (Phi) is 5.43. The molecule has 0 spiro atoms. The molecular weight excluding hydrogens is 204 g/mol. The SMILES string of the molecule is C=C(CS)CN(CC)Cc1ccncc1. The van der Waals surface area contributed by atoms with E-state index < -0.39 is 0 Å². The minimum Gasteiger partial charge on any atom is -0.295 e. The Balaban J connectivity index is 2.50. The highest BCUT2D eigenvalue weighted by atomic mass is 32.1. The van der Waals surface area contributed by atoms with Crippen LogP contribution in [0.5, 0.6) is 0 Å². The molecule has 0 amide bonds. The molecule has 2 nitrogen and oxygen atoms in total. The van der Waals surface area contributed by atoms with Crippen LogP contribution < -0.4 is 0 Å². The molecule has 3 heteroatoms. The van der Waals surface area contributed by atoms with Gasteiger partial charge in [-0.25, -0.2) is 0 Å². The zero-order chi connectivity index (χ0) is 11.1. The van der Waals surface area contributed by atoms with Gasteiger partial charge in [0, 0.05) is 31.2 Å². The van der Waals surface area contributed by atoms with Gasteiger partial charge in [-0.1, -0.05) is 19.1 Å². The number of pyridine rings is 1. The van der Waals surface area contributed by atoms with Crippen molar-refractivity contribution in [2.45, 2.75) is 13.5 Å². The summed E-state index contributed by atoms with van der Waals surface area (Å²) in [5, 5.41) is 0. The minimum atomic E-state index is 0.757. The molecule has 1 aromatic heterocycles. The summed E-state index contributed by atoms with van der Waals surface area (Å²) in [6.45, 7) is 9.02. The van der Waals surface area contributed by atoms with Crippen molar-refractivity contribution in [3.05, 3.63) is 42.2 Å². The summed E-state index contributed by atoms with van der Waals surface area (Å²) in [5.41, 5.74) is 2.45. The van der Waals surface area contributed by atoms with Crippen molar-refractivity contribution >= 4 is 12.6 Å². The summed E-state index contributed by atoms with van der Waals surface area (Å²) in [4.78, 5) is 6.35. The molecule has 1 heterocycles. The summed E-state index contributed by atoms with van der Waals surface area (Å²) in [5.74, 6) is 0.757. The normalized spacial score (nSPS) is 10.6. The molecular formula is C12H18N2S. The summed E-state index contributed by atoms with van der Waals surface area (Å²) in [6, 6.07) is 4.10.